The molecule has 2 heterocycles. The Labute approximate surface area is 186 Å². The molecule has 2 saturated carbocycles. The second-order valence-corrected chi connectivity index (χ2v) is 9.70. The van der Waals surface area contributed by atoms with Gasteiger partial charge in [-0.2, -0.15) is 0 Å². The molecule has 6 nitrogen and oxygen atoms in total. The number of rotatable bonds is 6. The number of anilines is 1. The highest BCUT2D eigenvalue weighted by Gasteiger charge is 2.51. The van der Waals surface area contributed by atoms with Crippen molar-refractivity contribution >= 4 is 5.82 Å². The van der Waals surface area contributed by atoms with Gasteiger partial charge in [0.2, 0.25) is 5.88 Å². The van der Waals surface area contributed by atoms with Crippen LogP contribution in [0.25, 0.3) is 0 Å². The molecule has 2 aromatic rings. The Hall–Kier alpha value is -2.18. The van der Waals surface area contributed by atoms with Crippen LogP contribution in [0.5, 0.6) is 5.88 Å². The average molecular weight is 422 g/mol. The summed E-state index contributed by atoms with van der Waals surface area (Å²) in [7, 11) is 3.77. The standard InChI is InChI=1S/C25H35N5O/c1-26-25(21-9-4-3-5-10-21)13-11-24(12-14-25)18-29(19-30(24)17-20-7-6-8-20)22-15-28-23(31-2)16-27-22/h3-5,9-10,15-16,20,26H,6-8,11-14,17-19H2,1-2H3/t24-,25+. The summed E-state index contributed by atoms with van der Waals surface area (Å²) in [4.78, 5) is 14.3. The molecule has 0 unspecified atom stereocenters. The highest BCUT2D eigenvalue weighted by atomic mass is 16.5. The first kappa shape index (κ1) is 20.7. The number of nitrogens with one attached hydrogen (secondary N) is 1. The van der Waals surface area contributed by atoms with Crippen molar-refractivity contribution in [3.63, 3.8) is 0 Å². The molecule has 1 aromatic heterocycles. The number of benzene rings is 1. The highest BCUT2D eigenvalue weighted by Crippen LogP contribution is 2.47. The van der Waals surface area contributed by atoms with Gasteiger partial charge in [0.25, 0.3) is 0 Å². The summed E-state index contributed by atoms with van der Waals surface area (Å²) in [5.74, 6) is 2.40. The molecular formula is C25H35N5O. The molecule has 3 fully saturated rings. The molecule has 2 aliphatic carbocycles. The van der Waals surface area contributed by atoms with Gasteiger partial charge in [0.1, 0.15) is 5.82 Å². The van der Waals surface area contributed by atoms with E-state index in [0.717, 1.165) is 37.8 Å². The van der Waals surface area contributed by atoms with Crippen LogP contribution in [0.4, 0.5) is 5.82 Å². The molecule has 6 heteroatoms. The summed E-state index contributed by atoms with van der Waals surface area (Å²) in [6, 6.07) is 11.0. The largest absolute Gasteiger partial charge is 0.480 e. The summed E-state index contributed by atoms with van der Waals surface area (Å²) in [5.41, 5.74) is 1.74. The van der Waals surface area contributed by atoms with E-state index in [1.54, 1.807) is 13.3 Å². The fraction of sp³-hybridized carbons (Fsp3) is 0.600. The molecule has 1 N–H and O–H groups in total. The van der Waals surface area contributed by atoms with Crippen LogP contribution in [0.2, 0.25) is 0 Å². The SMILES string of the molecule is CN[C@]1(c2ccccc2)CC[C@]2(CC1)CN(c1cnc(OC)cn1)CN2CC1CCC1. The van der Waals surface area contributed by atoms with Crippen LogP contribution in [0.1, 0.15) is 50.5 Å². The molecule has 1 spiro atoms. The fourth-order valence-electron chi connectivity index (χ4n) is 5.89. The summed E-state index contributed by atoms with van der Waals surface area (Å²) >= 11 is 0. The van der Waals surface area contributed by atoms with Crippen molar-refractivity contribution in [2.75, 3.05) is 38.8 Å². The van der Waals surface area contributed by atoms with Gasteiger partial charge in [-0.25, -0.2) is 9.97 Å². The van der Waals surface area contributed by atoms with Gasteiger partial charge in [0.15, 0.2) is 0 Å². The molecule has 166 valence electrons. The summed E-state index contributed by atoms with van der Waals surface area (Å²) < 4.78 is 5.21. The third-order valence-electron chi connectivity index (χ3n) is 8.19. The second kappa shape index (κ2) is 8.40. The highest BCUT2D eigenvalue weighted by molar-refractivity contribution is 5.40. The number of ether oxygens (including phenoxy) is 1. The number of methoxy groups -OCH3 is 1. The van der Waals surface area contributed by atoms with Crippen LogP contribution in [0, 0.1) is 5.92 Å². The van der Waals surface area contributed by atoms with E-state index in [1.807, 2.05) is 6.20 Å². The van der Waals surface area contributed by atoms with Gasteiger partial charge in [-0.15, -0.1) is 0 Å². The van der Waals surface area contributed by atoms with Crippen LogP contribution in [0.15, 0.2) is 42.7 Å². The minimum Gasteiger partial charge on any atom is -0.480 e. The first-order chi connectivity index (χ1) is 15.2. The number of hydrogen-bond acceptors (Lipinski definition) is 6. The Morgan fingerprint density at radius 2 is 1.84 bits per heavy atom. The van der Waals surface area contributed by atoms with Crippen molar-refractivity contribution in [1.82, 2.24) is 20.2 Å². The minimum atomic E-state index is 0.0853. The van der Waals surface area contributed by atoms with E-state index < -0.39 is 0 Å². The summed E-state index contributed by atoms with van der Waals surface area (Å²) in [6.07, 6.45) is 12.5. The van der Waals surface area contributed by atoms with Gasteiger partial charge in [0.05, 0.1) is 26.2 Å². The first-order valence-corrected chi connectivity index (χ1v) is 11.8. The molecular weight excluding hydrogens is 386 g/mol. The van der Waals surface area contributed by atoms with Gasteiger partial charge in [0, 0.05) is 24.2 Å². The Morgan fingerprint density at radius 1 is 1.06 bits per heavy atom. The number of hydrogen-bond donors (Lipinski definition) is 1. The predicted octanol–water partition coefficient (Wildman–Crippen LogP) is 3.79. The van der Waals surface area contributed by atoms with Crippen molar-refractivity contribution in [1.29, 1.82) is 0 Å². The van der Waals surface area contributed by atoms with Gasteiger partial charge in [-0.05, 0) is 57.1 Å². The Morgan fingerprint density at radius 3 is 2.42 bits per heavy atom. The monoisotopic (exact) mass is 421 g/mol. The third kappa shape index (κ3) is 3.80. The van der Waals surface area contributed by atoms with Crippen molar-refractivity contribution in [3.8, 4) is 5.88 Å². The molecule has 0 atom stereocenters. The van der Waals surface area contributed by atoms with Crippen LogP contribution in [-0.4, -0.2) is 54.3 Å². The summed E-state index contributed by atoms with van der Waals surface area (Å²) in [6.45, 7) is 3.21. The maximum atomic E-state index is 5.21. The summed E-state index contributed by atoms with van der Waals surface area (Å²) in [5, 5.41) is 3.71. The van der Waals surface area contributed by atoms with E-state index in [1.165, 1.54) is 44.2 Å². The van der Waals surface area contributed by atoms with Crippen molar-refractivity contribution in [2.24, 2.45) is 5.92 Å². The molecule has 0 amide bonds. The molecule has 0 radical (unpaired) electrons. The molecule has 1 saturated heterocycles. The molecule has 0 bridgehead atoms. The third-order valence-corrected chi connectivity index (χ3v) is 8.19. The smallest absolute Gasteiger partial charge is 0.232 e. The van der Waals surface area contributed by atoms with Crippen LogP contribution in [0.3, 0.4) is 0 Å². The average Bonchev–Trinajstić information content (AvgIpc) is 3.15. The molecule has 1 aliphatic heterocycles. The zero-order valence-electron chi connectivity index (χ0n) is 18.9. The van der Waals surface area contributed by atoms with Crippen molar-refractivity contribution in [2.45, 2.75) is 56.0 Å². The van der Waals surface area contributed by atoms with E-state index in [-0.39, 0.29) is 11.1 Å². The fourth-order valence-corrected chi connectivity index (χ4v) is 5.89. The minimum absolute atomic E-state index is 0.0853. The molecule has 1 aromatic carbocycles. The number of nitrogens with zero attached hydrogens (tertiary/aromatic N) is 4. The topological polar surface area (TPSA) is 53.5 Å². The Kier molecular flexibility index (Phi) is 5.61. The quantitative estimate of drug-likeness (QED) is 0.766. The van der Waals surface area contributed by atoms with Crippen molar-refractivity contribution < 1.29 is 4.74 Å². The normalized spacial score (nSPS) is 29.3. The lowest BCUT2D eigenvalue weighted by molar-refractivity contribution is 0.0410. The molecule has 3 aliphatic rings. The zero-order chi connectivity index (χ0) is 21.3. The predicted molar refractivity (Wildman–Crippen MR) is 123 cm³/mol. The lowest BCUT2D eigenvalue weighted by Crippen LogP contribution is -2.55. The maximum Gasteiger partial charge on any atom is 0.232 e. The van der Waals surface area contributed by atoms with Crippen LogP contribution in [-0.2, 0) is 5.54 Å². The second-order valence-electron chi connectivity index (χ2n) is 9.70. The molecule has 5 rings (SSSR count). The number of aromatic nitrogens is 2. The lowest BCUT2D eigenvalue weighted by Gasteiger charge is -2.49. The van der Waals surface area contributed by atoms with E-state index in [4.69, 9.17) is 4.74 Å². The molecule has 31 heavy (non-hydrogen) atoms. The van der Waals surface area contributed by atoms with Crippen LogP contribution >= 0.6 is 0 Å². The first-order valence-electron chi connectivity index (χ1n) is 11.8. The van der Waals surface area contributed by atoms with Gasteiger partial charge in [-0.1, -0.05) is 36.8 Å². The maximum absolute atomic E-state index is 5.21. The van der Waals surface area contributed by atoms with E-state index in [0.29, 0.717) is 5.88 Å². The van der Waals surface area contributed by atoms with E-state index >= 15 is 0 Å². The van der Waals surface area contributed by atoms with Gasteiger partial charge >= 0.3 is 0 Å². The van der Waals surface area contributed by atoms with Gasteiger partial charge < -0.3 is 15.0 Å². The van der Waals surface area contributed by atoms with E-state index in [9.17, 15) is 0 Å². The Balaban J connectivity index is 1.37. The van der Waals surface area contributed by atoms with Crippen LogP contribution < -0.4 is 15.0 Å². The Bertz CT molecular complexity index is 859. The van der Waals surface area contributed by atoms with Gasteiger partial charge in [-0.3, -0.25) is 4.90 Å². The van der Waals surface area contributed by atoms with E-state index in [2.05, 4.69) is 62.5 Å². The lowest BCUT2D eigenvalue weighted by atomic mass is 9.68. The zero-order valence-corrected chi connectivity index (χ0v) is 18.9. The van der Waals surface area contributed by atoms with Crippen molar-refractivity contribution in [3.05, 3.63) is 48.3 Å².